The summed E-state index contributed by atoms with van der Waals surface area (Å²) in [6, 6.07) is 2.66. The van der Waals surface area contributed by atoms with Gasteiger partial charge >= 0.3 is 0 Å². The first-order valence-corrected chi connectivity index (χ1v) is 8.76. The maximum atomic E-state index is 4.53. The van der Waals surface area contributed by atoms with Crippen LogP contribution < -0.4 is 5.32 Å². The fourth-order valence-electron chi connectivity index (χ4n) is 3.57. The van der Waals surface area contributed by atoms with Gasteiger partial charge in [0.2, 0.25) is 0 Å². The predicted octanol–water partition coefficient (Wildman–Crippen LogP) is 3.32. The van der Waals surface area contributed by atoms with Gasteiger partial charge in [-0.25, -0.2) is 15.0 Å². The Morgan fingerprint density at radius 2 is 1.96 bits per heavy atom. The van der Waals surface area contributed by atoms with Crippen LogP contribution in [0.4, 0.5) is 5.82 Å². The second-order valence-electron chi connectivity index (χ2n) is 6.54. The number of aryl methyl sites for hydroxylation is 2. The molecule has 0 saturated carbocycles. The number of rotatable bonds is 5. The average Bonchev–Trinajstić information content (AvgIpc) is 2.56. The van der Waals surface area contributed by atoms with E-state index in [1.165, 1.54) is 37.9 Å². The topological polar surface area (TPSA) is 53.9 Å². The molecule has 3 rings (SSSR count). The Bertz CT molecular complexity index is 664. The molecule has 1 atom stereocenters. The largest absolute Gasteiger partial charge is 0.368 e. The van der Waals surface area contributed by atoms with Crippen LogP contribution in [0.3, 0.4) is 0 Å². The van der Waals surface area contributed by atoms with E-state index in [1.54, 1.807) is 6.33 Å². The van der Waals surface area contributed by atoms with E-state index in [4.69, 9.17) is 0 Å². The minimum Gasteiger partial charge on any atom is -0.368 e. The number of fused-ring (bicyclic) bond motifs is 1. The van der Waals surface area contributed by atoms with Gasteiger partial charge < -0.3 is 5.32 Å². The number of likely N-dealkylation sites (tertiary alicyclic amines) is 1. The highest BCUT2D eigenvalue weighted by Crippen LogP contribution is 2.23. The second kappa shape index (κ2) is 7.21. The minimum absolute atomic E-state index is 0.569. The van der Waals surface area contributed by atoms with Crippen LogP contribution in [0.25, 0.3) is 11.0 Å². The third-order valence-corrected chi connectivity index (χ3v) is 4.81. The Kier molecular flexibility index (Phi) is 5.06. The van der Waals surface area contributed by atoms with Crippen molar-refractivity contribution in [1.82, 2.24) is 19.9 Å². The Labute approximate surface area is 138 Å². The molecule has 124 valence electrons. The van der Waals surface area contributed by atoms with Crippen LogP contribution in [0.2, 0.25) is 0 Å². The third-order valence-electron chi connectivity index (χ3n) is 4.81. The Hall–Kier alpha value is -1.75. The maximum absolute atomic E-state index is 4.53. The van der Waals surface area contributed by atoms with E-state index in [0.29, 0.717) is 6.04 Å². The SMILES string of the molecule is CC[C@H](CNc1ncnc2nc(C)cc(C)c12)N1CCCCC1. The molecule has 3 heterocycles. The molecule has 0 amide bonds. The van der Waals surface area contributed by atoms with Gasteiger partial charge in [0.05, 0.1) is 5.39 Å². The van der Waals surface area contributed by atoms with E-state index < -0.39 is 0 Å². The molecular weight excluding hydrogens is 286 g/mol. The summed E-state index contributed by atoms with van der Waals surface area (Å²) in [6.45, 7) is 9.76. The van der Waals surface area contributed by atoms with E-state index >= 15 is 0 Å². The fourth-order valence-corrected chi connectivity index (χ4v) is 3.57. The zero-order valence-electron chi connectivity index (χ0n) is 14.5. The van der Waals surface area contributed by atoms with Crippen molar-refractivity contribution in [2.75, 3.05) is 25.0 Å². The molecule has 2 aromatic rings. The average molecular weight is 313 g/mol. The highest BCUT2D eigenvalue weighted by atomic mass is 15.2. The molecule has 2 aromatic heterocycles. The first kappa shape index (κ1) is 16.1. The number of pyridine rings is 1. The van der Waals surface area contributed by atoms with Crippen LogP contribution in [0.5, 0.6) is 0 Å². The van der Waals surface area contributed by atoms with Gasteiger partial charge in [-0.3, -0.25) is 4.90 Å². The number of nitrogens with one attached hydrogen (secondary N) is 1. The summed E-state index contributed by atoms with van der Waals surface area (Å²) in [5.41, 5.74) is 2.96. The minimum atomic E-state index is 0.569. The monoisotopic (exact) mass is 313 g/mol. The zero-order valence-corrected chi connectivity index (χ0v) is 14.5. The molecule has 1 aliphatic rings. The molecule has 23 heavy (non-hydrogen) atoms. The highest BCUT2D eigenvalue weighted by molar-refractivity contribution is 5.89. The van der Waals surface area contributed by atoms with Crippen molar-refractivity contribution >= 4 is 16.9 Å². The van der Waals surface area contributed by atoms with Gasteiger partial charge in [-0.2, -0.15) is 0 Å². The van der Waals surface area contributed by atoms with E-state index in [0.717, 1.165) is 35.5 Å². The summed E-state index contributed by atoms with van der Waals surface area (Å²) in [4.78, 5) is 15.9. The van der Waals surface area contributed by atoms with Gasteiger partial charge in [-0.1, -0.05) is 13.3 Å². The molecule has 1 fully saturated rings. The zero-order chi connectivity index (χ0) is 16.2. The molecule has 1 saturated heterocycles. The quantitative estimate of drug-likeness (QED) is 0.917. The normalized spacial score (nSPS) is 17.3. The van der Waals surface area contributed by atoms with Gasteiger partial charge in [0.15, 0.2) is 5.65 Å². The van der Waals surface area contributed by atoms with E-state index in [-0.39, 0.29) is 0 Å². The van der Waals surface area contributed by atoms with Gasteiger partial charge in [-0.15, -0.1) is 0 Å². The number of nitrogens with zero attached hydrogens (tertiary/aromatic N) is 4. The molecular formula is C18H27N5. The summed E-state index contributed by atoms with van der Waals surface area (Å²) in [7, 11) is 0. The Morgan fingerprint density at radius 3 is 2.70 bits per heavy atom. The van der Waals surface area contributed by atoms with Gasteiger partial charge in [0, 0.05) is 18.3 Å². The molecule has 5 heteroatoms. The van der Waals surface area contributed by atoms with Crippen LogP contribution in [0, 0.1) is 13.8 Å². The molecule has 0 aromatic carbocycles. The molecule has 0 radical (unpaired) electrons. The van der Waals surface area contributed by atoms with Crippen LogP contribution in [0.1, 0.15) is 43.9 Å². The summed E-state index contributed by atoms with van der Waals surface area (Å²) < 4.78 is 0. The molecule has 5 nitrogen and oxygen atoms in total. The van der Waals surface area contributed by atoms with Crippen molar-refractivity contribution in [3.05, 3.63) is 23.7 Å². The third kappa shape index (κ3) is 3.61. The van der Waals surface area contributed by atoms with Crippen molar-refractivity contribution < 1.29 is 0 Å². The van der Waals surface area contributed by atoms with Crippen molar-refractivity contribution in [3.63, 3.8) is 0 Å². The van der Waals surface area contributed by atoms with Gasteiger partial charge in [-0.05, 0) is 57.8 Å². The number of hydrogen-bond acceptors (Lipinski definition) is 5. The predicted molar refractivity (Wildman–Crippen MR) is 94.8 cm³/mol. The summed E-state index contributed by atoms with van der Waals surface area (Å²) in [6.07, 6.45) is 6.80. The lowest BCUT2D eigenvalue weighted by Crippen LogP contribution is -2.42. The Balaban J connectivity index is 1.78. The van der Waals surface area contributed by atoms with Crippen LogP contribution in [-0.2, 0) is 0 Å². The van der Waals surface area contributed by atoms with E-state index in [1.807, 2.05) is 6.92 Å². The smallest absolute Gasteiger partial charge is 0.165 e. The molecule has 0 spiro atoms. The molecule has 0 unspecified atom stereocenters. The first-order chi connectivity index (χ1) is 11.2. The summed E-state index contributed by atoms with van der Waals surface area (Å²) in [5.74, 6) is 0.912. The summed E-state index contributed by atoms with van der Waals surface area (Å²) >= 11 is 0. The number of hydrogen-bond donors (Lipinski definition) is 1. The summed E-state index contributed by atoms with van der Waals surface area (Å²) in [5, 5.41) is 4.61. The lowest BCUT2D eigenvalue weighted by atomic mass is 10.1. The van der Waals surface area contributed by atoms with Crippen molar-refractivity contribution in [2.24, 2.45) is 0 Å². The fraction of sp³-hybridized carbons (Fsp3) is 0.611. The lowest BCUT2D eigenvalue weighted by molar-refractivity contribution is 0.166. The molecule has 0 aliphatic carbocycles. The van der Waals surface area contributed by atoms with Gasteiger partial charge in [0.25, 0.3) is 0 Å². The Morgan fingerprint density at radius 1 is 1.17 bits per heavy atom. The van der Waals surface area contributed by atoms with Crippen LogP contribution in [0.15, 0.2) is 12.4 Å². The van der Waals surface area contributed by atoms with Crippen molar-refractivity contribution in [1.29, 1.82) is 0 Å². The van der Waals surface area contributed by atoms with Crippen LogP contribution >= 0.6 is 0 Å². The standard InChI is InChI=1S/C18H27N5/c1-4-15(23-8-6-5-7-9-23)11-19-17-16-13(2)10-14(3)22-18(16)21-12-20-17/h10,12,15H,4-9,11H2,1-3H3,(H,19,20,21,22)/t15-/m1/s1. The second-order valence-corrected chi connectivity index (χ2v) is 6.54. The number of anilines is 1. The highest BCUT2D eigenvalue weighted by Gasteiger charge is 2.19. The van der Waals surface area contributed by atoms with Crippen LogP contribution in [-0.4, -0.2) is 45.5 Å². The number of piperidine rings is 1. The molecule has 1 aliphatic heterocycles. The van der Waals surface area contributed by atoms with E-state index in [2.05, 4.69) is 45.1 Å². The van der Waals surface area contributed by atoms with Gasteiger partial charge in [0.1, 0.15) is 12.1 Å². The van der Waals surface area contributed by atoms with Crippen molar-refractivity contribution in [2.45, 2.75) is 52.5 Å². The number of aromatic nitrogens is 3. The molecule has 0 bridgehead atoms. The molecule has 1 N–H and O–H groups in total. The first-order valence-electron chi connectivity index (χ1n) is 8.76. The van der Waals surface area contributed by atoms with E-state index in [9.17, 15) is 0 Å². The maximum Gasteiger partial charge on any atom is 0.165 e. The van der Waals surface area contributed by atoms with Crippen molar-refractivity contribution in [3.8, 4) is 0 Å². The lowest BCUT2D eigenvalue weighted by Gasteiger charge is -2.34.